The largest absolute Gasteiger partial charge is 0.478 e. The molecule has 1 saturated heterocycles. The van der Waals surface area contributed by atoms with Crippen LogP contribution in [-0.2, 0) is 6.54 Å². The second kappa shape index (κ2) is 11.6. The average molecular weight is 649 g/mol. The Bertz CT molecular complexity index is 2230. The van der Waals surface area contributed by atoms with Crippen LogP contribution in [0.4, 0.5) is 5.82 Å². The molecule has 230 valence electrons. The van der Waals surface area contributed by atoms with Crippen LogP contribution in [0.5, 0.6) is 0 Å². The number of nitriles is 1. The molecule has 9 nitrogen and oxygen atoms in total. The van der Waals surface area contributed by atoms with E-state index >= 15 is 0 Å². The fraction of sp³-hybridized carbons (Fsp3) is 0.286. The molecule has 11 heteroatoms. The predicted octanol–water partition coefficient (Wildman–Crippen LogP) is 5.93. The Morgan fingerprint density at radius 1 is 1.13 bits per heavy atom. The summed E-state index contributed by atoms with van der Waals surface area (Å²) in [7, 11) is 0. The molecule has 1 aliphatic carbocycles. The van der Waals surface area contributed by atoms with Crippen molar-refractivity contribution >= 4 is 55.7 Å². The van der Waals surface area contributed by atoms with Crippen LogP contribution in [0.15, 0.2) is 52.9 Å². The van der Waals surface area contributed by atoms with Crippen LogP contribution < -0.4 is 10.5 Å². The Labute approximate surface area is 274 Å². The van der Waals surface area contributed by atoms with Gasteiger partial charge in [0, 0.05) is 82.3 Å². The van der Waals surface area contributed by atoms with Gasteiger partial charge in [0.1, 0.15) is 17.5 Å². The van der Waals surface area contributed by atoms with Gasteiger partial charge in [-0.25, -0.2) is 9.78 Å². The van der Waals surface area contributed by atoms with Crippen molar-refractivity contribution in [2.45, 2.75) is 38.8 Å². The van der Waals surface area contributed by atoms with Crippen molar-refractivity contribution in [3.05, 3.63) is 85.9 Å². The summed E-state index contributed by atoms with van der Waals surface area (Å²) >= 11 is 7.70. The Hall–Kier alpha value is -4.74. The van der Waals surface area contributed by atoms with Gasteiger partial charge in [-0.15, -0.1) is 11.3 Å². The Kier molecular flexibility index (Phi) is 7.53. The topological polar surface area (TPSA) is 115 Å². The fourth-order valence-corrected chi connectivity index (χ4v) is 7.51. The molecule has 4 aromatic heterocycles. The summed E-state index contributed by atoms with van der Waals surface area (Å²) < 4.78 is 2.31. The third-order valence-corrected chi connectivity index (χ3v) is 10.4. The monoisotopic (exact) mass is 648 g/mol. The van der Waals surface area contributed by atoms with Crippen molar-refractivity contribution in [3.63, 3.8) is 0 Å². The number of hydrogen-bond acceptors (Lipinski definition) is 8. The highest BCUT2D eigenvalue weighted by molar-refractivity contribution is 7.18. The van der Waals surface area contributed by atoms with Crippen LogP contribution in [0.25, 0.3) is 32.1 Å². The summed E-state index contributed by atoms with van der Waals surface area (Å²) in [5, 5.41) is 22.9. The summed E-state index contributed by atoms with van der Waals surface area (Å²) in [6.45, 7) is 7.57. The molecule has 2 aliphatic rings. The molecule has 0 radical (unpaired) electrons. The maximum absolute atomic E-state index is 14.0. The van der Waals surface area contributed by atoms with E-state index in [9.17, 15) is 20.0 Å². The van der Waals surface area contributed by atoms with Gasteiger partial charge in [-0.05, 0) is 57.0 Å². The minimum Gasteiger partial charge on any atom is -0.478 e. The van der Waals surface area contributed by atoms with Crippen molar-refractivity contribution in [3.8, 4) is 29.0 Å². The molecule has 7 rings (SSSR count). The SMILES string of the molecule is Cc1cc2cnc(N3CCN(C4(C)CC4)CC3)c(C#N)c2c(=O)n1CC#Cc1ccc(Cl)cc1-c1ccnc2c(C(=O)O)csc12. The van der Waals surface area contributed by atoms with Gasteiger partial charge in [0.25, 0.3) is 5.56 Å². The molecule has 2 fully saturated rings. The first-order valence-electron chi connectivity index (χ1n) is 15.0. The lowest BCUT2D eigenvalue weighted by atomic mass is 10.00. The minimum absolute atomic E-state index is 0.108. The van der Waals surface area contributed by atoms with Crippen molar-refractivity contribution in [1.82, 2.24) is 19.4 Å². The number of aromatic nitrogens is 3. The average Bonchev–Trinajstić information content (AvgIpc) is 3.65. The molecule has 0 atom stereocenters. The van der Waals surface area contributed by atoms with Crippen LogP contribution in [0, 0.1) is 30.1 Å². The number of aryl methyl sites for hydroxylation is 1. The fourth-order valence-electron chi connectivity index (χ4n) is 6.31. The quantitative estimate of drug-likeness (QED) is 0.233. The number of hydrogen-bond donors (Lipinski definition) is 1. The van der Waals surface area contributed by atoms with Crippen molar-refractivity contribution < 1.29 is 9.90 Å². The molecule has 1 N–H and O–H groups in total. The Balaban J connectivity index is 1.23. The van der Waals surface area contributed by atoms with E-state index in [-0.39, 0.29) is 17.7 Å². The second-order valence-corrected chi connectivity index (χ2v) is 13.3. The van der Waals surface area contributed by atoms with E-state index in [0.717, 1.165) is 42.0 Å². The van der Waals surface area contributed by atoms with E-state index in [0.29, 0.717) is 49.5 Å². The van der Waals surface area contributed by atoms with Crippen LogP contribution in [0.2, 0.25) is 5.02 Å². The summed E-state index contributed by atoms with van der Waals surface area (Å²) in [4.78, 5) is 39.3. The van der Waals surface area contributed by atoms with Crippen LogP contribution in [0.1, 0.15) is 46.9 Å². The van der Waals surface area contributed by atoms with E-state index in [1.54, 1.807) is 34.5 Å². The molecule has 1 saturated carbocycles. The zero-order chi connectivity index (χ0) is 32.2. The number of pyridine rings is 3. The zero-order valence-corrected chi connectivity index (χ0v) is 26.9. The first-order chi connectivity index (χ1) is 22.2. The van der Waals surface area contributed by atoms with Gasteiger partial charge >= 0.3 is 5.97 Å². The second-order valence-electron chi connectivity index (χ2n) is 12.0. The number of anilines is 1. The molecule has 5 heterocycles. The normalized spacial score (nSPS) is 15.8. The number of rotatable bonds is 5. The van der Waals surface area contributed by atoms with Gasteiger partial charge in [-0.3, -0.25) is 14.7 Å². The predicted molar refractivity (Wildman–Crippen MR) is 181 cm³/mol. The van der Waals surface area contributed by atoms with Gasteiger partial charge in [0.05, 0.1) is 27.7 Å². The van der Waals surface area contributed by atoms with Crippen LogP contribution >= 0.6 is 22.9 Å². The maximum Gasteiger partial charge on any atom is 0.338 e. The highest BCUT2D eigenvalue weighted by atomic mass is 35.5. The lowest BCUT2D eigenvalue weighted by molar-refractivity contribution is 0.0699. The van der Waals surface area contributed by atoms with Crippen molar-refractivity contribution in [1.29, 1.82) is 5.26 Å². The molecular formula is C35H29ClN6O3S. The van der Waals surface area contributed by atoms with E-state index in [1.807, 2.05) is 25.1 Å². The summed E-state index contributed by atoms with van der Waals surface area (Å²) in [5.74, 6) is 5.88. The first kappa shape index (κ1) is 29.9. The molecule has 0 unspecified atom stereocenters. The number of thiophene rings is 1. The third-order valence-electron chi connectivity index (χ3n) is 9.18. The summed E-state index contributed by atoms with van der Waals surface area (Å²) in [6, 6.07) is 11.3. The molecular weight excluding hydrogens is 620 g/mol. The number of halogens is 1. The lowest BCUT2D eigenvalue weighted by Gasteiger charge is -2.39. The van der Waals surface area contributed by atoms with Gasteiger partial charge in [-0.2, -0.15) is 5.26 Å². The zero-order valence-electron chi connectivity index (χ0n) is 25.3. The minimum atomic E-state index is -1.04. The van der Waals surface area contributed by atoms with Crippen LogP contribution in [0.3, 0.4) is 0 Å². The molecule has 1 aromatic carbocycles. The number of piperazine rings is 1. The number of carbonyl (C=O) groups is 1. The standard InChI is InChI=1S/C35H29ClN6O3S/c1-21-16-23-19-39-32(40-12-14-41(15-13-40)35(2)8-9-35)27(18-37)29(23)33(43)42(21)11-3-4-22-5-6-24(36)17-26(22)25-7-10-38-30-28(34(44)45)20-46-31(25)30/h5-7,10,16-17,19-20H,8-9,11-15H2,1-2H3,(H,44,45). The molecule has 0 bridgehead atoms. The first-order valence-corrected chi connectivity index (χ1v) is 16.3. The van der Waals surface area contributed by atoms with Crippen LogP contribution in [-0.4, -0.2) is 62.2 Å². The number of carboxylic acids is 1. The van der Waals surface area contributed by atoms with E-state index in [2.05, 4.69) is 44.6 Å². The number of carboxylic acid groups (broad SMARTS) is 1. The van der Waals surface area contributed by atoms with Crippen molar-refractivity contribution in [2.24, 2.45) is 0 Å². The van der Waals surface area contributed by atoms with Gasteiger partial charge in [-0.1, -0.05) is 23.4 Å². The highest BCUT2D eigenvalue weighted by Crippen LogP contribution is 2.42. The molecule has 1 aliphatic heterocycles. The number of fused-ring (bicyclic) bond motifs is 2. The smallest absolute Gasteiger partial charge is 0.338 e. The molecule has 5 aromatic rings. The van der Waals surface area contributed by atoms with Crippen molar-refractivity contribution in [2.75, 3.05) is 31.1 Å². The van der Waals surface area contributed by atoms with Gasteiger partial charge in [0.2, 0.25) is 0 Å². The Morgan fingerprint density at radius 2 is 1.91 bits per heavy atom. The summed E-state index contributed by atoms with van der Waals surface area (Å²) in [6.07, 6.45) is 5.72. The number of benzene rings is 1. The number of nitrogens with zero attached hydrogens (tertiary/aromatic N) is 6. The van der Waals surface area contributed by atoms with E-state index in [1.165, 1.54) is 24.2 Å². The summed E-state index contributed by atoms with van der Waals surface area (Å²) in [5.41, 5.74) is 3.79. The Morgan fingerprint density at radius 3 is 2.63 bits per heavy atom. The van der Waals surface area contributed by atoms with Gasteiger partial charge in [0.15, 0.2) is 0 Å². The maximum atomic E-state index is 14.0. The molecule has 0 spiro atoms. The number of aromatic carboxylic acids is 1. The molecule has 46 heavy (non-hydrogen) atoms. The molecule has 0 amide bonds. The van der Waals surface area contributed by atoms with Gasteiger partial charge < -0.3 is 14.6 Å². The van der Waals surface area contributed by atoms with E-state index < -0.39 is 5.97 Å². The third kappa shape index (κ3) is 5.19. The highest BCUT2D eigenvalue weighted by Gasteiger charge is 2.44. The lowest BCUT2D eigenvalue weighted by Crippen LogP contribution is -2.51. The van der Waals surface area contributed by atoms with E-state index in [4.69, 9.17) is 11.6 Å².